The fraction of sp³-hybridized carbons (Fsp3) is 0.889. The lowest BCUT2D eigenvalue weighted by molar-refractivity contribution is -0.122. The van der Waals surface area contributed by atoms with Gasteiger partial charge in [-0.05, 0) is 26.2 Å². The molecule has 0 spiro atoms. The number of amides is 1. The molecule has 1 fully saturated rings. The summed E-state index contributed by atoms with van der Waals surface area (Å²) in [5.41, 5.74) is 5.42. The molecule has 2 atom stereocenters. The molecule has 0 aromatic rings. The predicted molar refractivity (Wildman–Crippen MR) is 48.6 cm³/mol. The Morgan fingerprint density at radius 2 is 2.17 bits per heavy atom. The van der Waals surface area contributed by atoms with Crippen LogP contribution in [0.1, 0.15) is 33.1 Å². The summed E-state index contributed by atoms with van der Waals surface area (Å²) in [7, 11) is 0. The van der Waals surface area contributed by atoms with Gasteiger partial charge in [0.05, 0.1) is 6.04 Å². The van der Waals surface area contributed by atoms with Gasteiger partial charge in [-0.25, -0.2) is 0 Å². The van der Waals surface area contributed by atoms with Crippen LogP contribution in [-0.2, 0) is 4.79 Å². The van der Waals surface area contributed by atoms with E-state index in [1.165, 1.54) is 12.8 Å². The average molecular weight is 170 g/mol. The third kappa shape index (κ3) is 3.22. The van der Waals surface area contributed by atoms with Crippen LogP contribution in [0, 0.1) is 5.92 Å². The minimum absolute atomic E-state index is 0.0387. The second-order valence-corrected chi connectivity index (χ2v) is 3.88. The molecule has 0 saturated heterocycles. The zero-order valence-corrected chi connectivity index (χ0v) is 7.84. The van der Waals surface area contributed by atoms with E-state index in [1.54, 1.807) is 6.92 Å². The Kier molecular flexibility index (Phi) is 3.09. The normalized spacial score (nSPS) is 21.6. The Hall–Kier alpha value is -0.570. The summed E-state index contributed by atoms with van der Waals surface area (Å²) in [5, 5.41) is 2.89. The lowest BCUT2D eigenvalue weighted by Crippen LogP contribution is -2.42. The van der Waals surface area contributed by atoms with Crippen LogP contribution in [0.25, 0.3) is 0 Å². The van der Waals surface area contributed by atoms with Gasteiger partial charge in [0.15, 0.2) is 0 Å². The number of hydrogen-bond donors (Lipinski definition) is 2. The molecule has 1 amide bonds. The Balaban J connectivity index is 2.15. The van der Waals surface area contributed by atoms with Gasteiger partial charge in [0.1, 0.15) is 0 Å². The molecule has 0 aromatic carbocycles. The van der Waals surface area contributed by atoms with Crippen molar-refractivity contribution in [1.82, 2.24) is 5.32 Å². The van der Waals surface area contributed by atoms with Crippen molar-refractivity contribution in [1.29, 1.82) is 0 Å². The van der Waals surface area contributed by atoms with Crippen molar-refractivity contribution in [2.75, 3.05) is 0 Å². The number of nitrogens with two attached hydrogens (primary N) is 1. The van der Waals surface area contributed by atoms with E-state index in [-0.39, 0.29) is 18.0 Å². The van der Waals surface area contributed by atoms with Crippen LogP contribution in [0.15, 0.2) is 0 Å². The van der Waals surface area contributed by atoms with Crippen LogP contribution in [0.5, 0.6) is 0 Å². The van der Waals surface area contributed by atoms with E-state index >= 15 is 0 Å². The summed E-state index contributed by atoms with van der Waals surface area (Å²) in [5.74, 6) is 0.816. The van der Waals surface area contributed by atoms with E-state index < -0.39 is 0 Å². The van der Waals surface area contributed by atoms with E-state index in [0.717, 1.165) is 12.3 Å². The average Bonchev–Trinajstić information content (AvgIpc) is 2.71. The van der Waals surface area contributed by atoms with E-state index in [4.69, 9.17) is 5.73 Å². The minimum Gasteiger partial charge on any atom is -0.352 e. The molecule has 1 unspecified atom stereocenters. The molecule has 0 aliphatic heterocycles. The number of rotatable bonds is 4. The predicted octanol–water partition coefficient (Wildman–Crippen LogP) is 0.638. The quantitative estimate of drug-likeness (QED) is 0.650. The highest BCUT2D eigenvalue weighted by Gasteiger charge is 2.24. The van der Waals surface area contributed by atoms with Crippen molar-refractivity contribution in [2.24, 2.45) is 11.7 Å². The van der Waals surface area contributed by atoms with Crippen LogP contribution in [0.3, 0.4) is 0 Å². The highest BCUT2D eigenvalue weighted by molar-refractivity contribution is 5.81. The number of hydrogen-bond acceptors (Lipinski definition) is 2. The van der Waals surface area contributed by atoms with Crippen molar-refractivity contribution in [3.05, 3.63) is 0 Å². The van der Waals surface area contributed by atoms with Gasteiger partial charge in [-0.3, -0.25) is 4.79 Å². The summed E-state index contributed by atoms with van der Waals surface area (Å²) < 4.78 is 0. The monoisotopic (exact) mass is 170 g/mol. The Morgan fingerprint density at radius 1 is 1.58 bits per heavy atom. The van der Waals surface area contributed by atoms with E-state index in [9.17, 15) is 4.79 Å². The smallest absolute Gasteiger partial charge is 0.236 e. The van der Waals surface area contributed by atoms with Crippen molar-refractivity contribution >= 4 is 5.91 Å². The second-order valence-electron chi connectivity index (χ2n) is 3.88. The Labute approximate surface area is 73.7 Å². The molecule has 0 bridgehead atoms. The van der Waals surface area contributed by atoms with Crippen LogP contribution < -0.4 is 11.1 Å². The number of carbonyl (C=O) groups excluding carboxylic acids is 1. The zero-order chi connectivity index (χ0) is 9.14. The highest BCUT2D eigenvalue weighted by atomic mass is 16.2. The maximum absolute atomic E-state index is 11.1. The first-order valence-corrected chi connectivity index (χ1v) is 4.65. The maximum atomic E-state index is 11.1. The molecule has 70 valence electrons. The molecule has 12 heavy (non-hydrogen) atoms. The van der Waals surface area contributed by atoms with Gasteiger partial charge in [-0.15, -0.1) is 0 Å². The molecule has 1 aliphatic carbocycles. The fourth-order valence-corrected chi connectivity index (χ4v) is 1.29. The van der Waals surface area contributed by atoms with Gasteiger partial charge in [-0.2, -0.15) is 0 Å². The van der Waals surface area contributed by atoms with Crippen molar-refractivity contribution < 1.29 is 4.79 Å². The molecule has 3 heteroatoms. The van der Waals surface area contributed by atoms with Gasteiger partial charge in [-0.1, -0.05) is 12.8 Å². The lowest BCUT2D eigenvalue weighted by Gasteiger charge is -2.14. The van der Waals surface area contributed by atoms with Gasteiger partial charge >= 0.3 is 0 Å². The van der Waals surface area contributed by atoms with Crippen LogP contribution >= 0.6 is 0 Å². The molecular weight excluding hydrogens is 152 g/mol. The van der Waals surface area contributed by atoms with Gasteiger partial charge in [0.2, 0.25) is 5.91 Å². The number of nitrogens with one attached hydrogen (secondary N) is 1. The Bertz CT molecular complexity index is 164. The van der Waals surface area contributed by atoms with Crippen LogP contribution in [0.4, 0.5) is 0 Å². The second kappa shape index (κ2) is 3.90. The topological polar surface area (TPSA) is 55.1 Å². The summed E-state index contributed by atoms with van der Waals surface area (Å²) in [6, 6.07) is -0.0948. The third-order valence-electron chi connectivity index (χ3n) is 2.19. The third-order valence-corrected chi connectivity index (χ3v) is 2.19. The van der Waals surface area contributed by atoms with E-state index in [2.05, 4.69) is 5.32 Å². The van der Waals surface area contributed by atoms with Crippen molar-refractivity contribution in [3.63, 3.8) is 0 Å². The van der Waals surface area contributed by atoms with Gasteiger partial charge in [0.25, 0.3) is 0 Å². The molecule has 0 aromatic heterocycles. The van der Waals surface area contributed by atoms with Crippen molar-refractivity contribution in [3.8, 4) is 0 Å². The first-order valence-electron chi connectivity index (χ1n) is 4.65. The highest BCUT2D eigenvalue weighted by Crippen LogP contribution is 2.33. The molecule has 0 radical (unpaired) electrons. The van der Waals surface area contributed by atoms with E-state index in [0.29, 0.717) is 0 Å². The molecule has 1 saturated carbocycles. The minimum atomic E-state index is -0.383. The standard InChI is InChI=1S/C9H18N2O/c1-6(5-8-3-4-8)11-9(12)7(2)10/h6-8H,3-5,10H2,1-2H3,(H,11,12)/t6?,7-/m0/s1. The van der Waals surface area contributed by atoms with Gasteiger partial charge < -0.3 is 11.1 Å². The summed E-state index contributed by atoms with van der Waals surface area (Å²) in [4.78, 5) is 11.1. The molecule has 3 N–H and O–H groups in total. The van der Waals surface area contributed by atoms with E-state index in [1.807, 2.05) is 6.92 Å². The first-order chi connectivity index (χ1) is 5.59. The van der Waals surface area contributed by atoms with Gasteiger partial charge in [0, 0.05) is 6.04 Å². The SMILES string of the molecule is CC(CC1CC1)NC(=O)[C@H](C)N. The zero-order valence-electron chi connectivity index (χ0n) is 7.84. The maximum Gasteiger partial charge on any atom is 0.236 e. The number of carbonyl (C=O) groups is 1. The Morgan fingerprint density at radius 3 is 2.58 bits per heavy atom. The largest absolute Gasteiger partial charge is 0.352 e. The van der Waals surface area contributed by atoms with Crippen LogP contribution in [-0.4, -0.2) is 18.0 Å². The fourth-order valence-electron chi connectivity index (χ4n) is 1.29. The molecular formula is C9H18N2O. The molecule has 0 heterocycles. The van der Waals surface area contributed by atoms with Crippen molar-refractivity contribution in [2.45, 2.75) is 45.2 Å². The van der Waals surface area contributed by atoms with Crippen LogP contribution in [0.2, 0.25) is 0 Å². The molecule has 1 aliphatic rings. The summed E-state index contributed by atoms with van der Waals surface area (Å²) in [6.07, 6.45) is 3.77. The summed E-state index contributed by atoms with van der Waals surface area (Å²) in [6.45, 7) is 3.75. The molecule has 3 nitrogen and oxygen atoms in total. The summed E-state index contributed by atoms with van der Waals surface area (Å²) >= 11 is 0. The lowest BCUT2D eigenvalue weighted by atomic mass is 10.1. The first kappa shape index (κ1) is 9.52. The molecule has 1 rings (SSSR count).